The number of halogens is 4. The Morgan fingerprint density at radius 2 is 1.90 bits per heavy atom. The standard InChI is InChI=1S/C28H35ClF3N5O5/c29-26-24(33-11-17-14-40-13-16-9-21(16)17)12-34-37(27(26)38)19-3-1-18(2-4-19)35-22-5-6-25(42-28(30,31)32)36-23(22)10-20-15-39-7-8-41-20/h5-6,12,16-21,33,35H,1-4,7-11,13-15H2/t16-,17+,18?,19?,20-,21-/m0/s1. The molecule has 42 heavy (non-hydrogen) atoms. The van der Waals surface area contributed by atoms with Gasteiger partial charge in [-0.25, -0.2) is 9.67 Å². The van der Waals surface area contributed by atoms with Gasteiger partial charge in [-0.15, -0.1) is 13.2 Å². The number of nitrogens with one attached hydrogen (secondary N) is 2. The summed E-state index contributed by atoms with van der Waals surface area (Å²) in [6.45, 7) is 3.51. The molecule has 2 saturated carbocycles. The van der Waals surface area contributed by atoms with Crippen LogP contribution >= 0.6 is 11.6 Å². The predicted molar refractivity (Wildman–Crippen MR) is 148 cm³/mol. The van der Waals surface area contributed by atoms with Crippen molar-refractivity contribution in [2.24, 2.45) is 17.8 Å². The zero-order valence-corrected chi connectivity index (χ0v) is 23.8. The van der Waals surface area contributed by atoms with Gasteiger partial charge in [0.05, 0.1) is 61.8 Å². The molecule has 2 aliphatic carbocycles. The van der Waals surface area contributed by atoms with Crippen LogP contribution in [-0.4, -0.2) is 72.9 Å². The first-order valence-electron chi connectivity index (χ1n) is 14.5. The zero-order valence-electron chi connectivity index (χ0n) is 23.1. The van der Waals surface area contributed by atoms with Gasteiger partial charge >= 0.3 is 6.36 Å². The van der Waals surface area contributed by atoms with Gasteiger partial charge in [0, 0.05) is 37.6 Å². The summed E-state index contributed by atoms with van der Waals surface area (Å²) in [4.78, 5) is 17.3. The first-order chi connectivity index (χ1) is 20.2. The first-order valence-corrected chi connectivity index (χ1v) is 14.9. The van der Waals surface area contributed by atoms with Crippen LogP contribution in [0.2, 0.25) is 5.02 Å². The summed E-state index contributed by atoms with van der Waals surface area (Å²) in [5.74, 6) is 1.25. The van der Waals surface area contributed by atoms with E-state index in [1.807, 2.05) is 0 Å². The normalized spacial score (nSPS) is 29.4. The maximum Gasteiger partial charge on any atom is 0.574 e. The molecule has 2 aliphatic heterocycles. The van der Waals surface area contributed by atoms with Crippen molar-refractivity contribution < 1.29 is 32.1 Å². The van der Waals surface area contributed by atoms with Gasteiger partial charge in [0.25, 0.3) is 5.56 Å². The highest BCUT2D eigenvalue weighted by Gasteiger charge is 2.45. The van der Waals surface area contributed by atoms with E-state index in [9.17, 15) is 18.0 Å². The minimum atomic E-state index is -4.84. The number of hydrogen-bond acceptors (Lipinski definition) is 9. The first kappa shape index (κ1) is 29.5. The van der Waals surface area contributed by atoms with Crippen molar-refractivity contribution >= 4 is 23.0 Å². The molecular formula is C28H35ClF3N5O5. The number of alkyl halides is 3. The second-order valence-corrected chi connectivity index (χ2v) is 12.0. The molecule has 4 atom stereocenters. The average Bonchev–Trinajstić information content (AvgIpc) is 3.76. The van der Waals surface area contributed by atoms with Crippen molar-refractivity contribution in [3.63, 3.8) is 0 Å². The third-order valence-electron chi connectivity index (χ3n) is 8.62. The third-order valence-corrected chi connectivity index (χ3v) is 8.99. The van der Waals surface area contributed by atoms with Crippen LogP contribution in [-0.2, 0) is 20.6 Å². The van der Waals surface area contributed by atoms with Gasteiger partial charge in [0.15, 0.2) is 0 Å². The van der Waals surface area contributed by atoms with E-state index in [0.29, 0.717) is 74.0 Å². The predicted octanol–water partition coefficient (Wildman–Crippen LogP) is 4.44. The Morgan fingerprint density at radius 1 is 1.07 bits per heavy atom. The molecule has 2 saturated heterocycles. The molecule has 2 aromatic rings. The molecule has 10 nitrogen and oxygen atoms in total. The molecule has 0 unspecified atom stereocenters. The summed E-state index contributed by atoms with van der Waals surface area (Å²) in [7, 11) is 0. The maximum absolute atomic E-state index is 13.1. The highest BCUT2D eigenvalue weighted by atomic mass is 35.5. The lowest BCUT2D eigenvalue weighted by molar-refractivity contribution is -0.276. The van der Waals surface area contributed by atoms with E-state index in [1.54, 1.807) is 12.3 Å². The Hall–Kier alpha value is -2.61. The molecule has 2 aromatic heterocycles. The van der Waals surface area contributed by atoms with Crippen molar-refractivity contribution in [1.82, 2.24) is 14.8 Å². The third kappa shape index (κ3) is 7.12. The second kappa shape index (κ2) is 12.6. The minimum absolute atomic E-state index is 0.0378. The van der Waals surface area contributed by atoms with Crippen molar-refractivity contribution in [3.8, 4) is 5.88 Å². The quantitative estimate of drug-likeness (QED) is 0.424. The molecule has 0 bridgehead atoms. The zero-order chi connectivity index (χ0) is 29.3. The summed E-state index contributed by atoms with van der Waals surface area (Å²) >= 11 is 6.48. The number of ether oxygens (including phenoxy) is 4. The van der Waals surface area contributed by atoms with Crippen LogP contribution in [0.5, 0.6) is 5.88 Å². The molecule has 0 radical (unpaired) electrons. The molecule has 4 aliphatic rings. The number of rotatable bonds is 9. The number of hydrogen-bond donors (Lipinski definition) is 2. The Labute approximate surface area is 246 Å². The molecular weight excluding hydrogens is 579 g/mol. The Kier molecular flexibility index (Phi) is 8.80. The summed E-state index contributed by atoms with van der Waals surface area (Å²) in [5, 5.41) is 11.3. The molecule has 4 fully saturated rings. The van der Waals surface area contributed by atoms with E-state index < -0.39 is 12.2 Å². The molecule has 0 aromatic carbocycles. The van der Waals surface area contributed by atoms with Crippen LogP contribution in [0.4, 0.5) is 24.5 Å². The van der Waals surface area contributed by atoms with Gasteiger partial charge in [-0.05, 0) is 50.0 Å². The van der Waals surface area contributed by atoms with Gasteiger partial charge in [-0.3, -0.25) is 4.79 Å². The average molecular weight is 614 g/mol. The summed E-state index contributed by atoms with van der Waals surface area (Å²) < 4.78 is 60.8. The molecule has 0 spiro atoms. The van der Waals surface area contributed by atoms with E-state index in [0.717, 1.165) is 26.1 Å². The lowest BCUT2D eigenvalue weighted by Gasteiger charge is -2.31. The fraction of sp³-hybridized carbons (Fsp3) is 0.679. The van der Waals surface area contributed by atoms with E-state index in [1.165, 1.54) is 17.2 Å². The largest absolute Gasteiger partial charge is 0.574 e. The van der Waals surface area contributed by atoms with Gasteiger partial charge in [0.1, 0.15) is 5.02 Å². The van der Waals surface area contributed by atoms with Gasteiger partial charge in [0.2, 0.25) is 5.88 Å². The molecule has 6 rings (SSSR count). The van der Waals surface area contributed by atoms with E-state index in [2.05, 4.69) is 25.5 Å². The van der Waals surface area contributed by atoms with Crippen molar-refractivity contribution in [1.29, 1.82) is 0 Å². The molecule has 4 heterocycles. The second-order valence-electron chi connectivity index (χ2n) is 11.6. The molecule has 0 amide bonds. The van der Waals surface area contributed by atoms with Gasteiger partial charge in [-0.1, -0.05) is 11.6 Å². The van der Waals surface area contributed by atoms with Crippen LogP contribution < -0.4 is 20.9 Å². The number of pyridine rings is 1. The smallest absolute Gasteiger partial charge is 0.388 e. The van der Waals surface area contributed by atoms with Crippen LogP contribution in [0, 0.1) is 17.8 Å². The highest BCUT2D eigenvalue weighted by Crippen LogP contribution is 2.47. The summed E-state index contributed by atoms with van der Waals surface area (Å²) in [6.07, 6.45) is 0.787. The Bertz CT molecular complexity index is 1300. The number of aromatic nitrogens is 3. The summed E-state index contributed by atoms with van der Waals surface area (Å²) in [6, 6.07) is 2.69. The van der Waals surface area contributed by atoms with E-state index in [-0.39, 0.29) is 35.2 Å². The molecule has 2 N–H and O–H groups in total. The lowest BCUT2D eigenvalue weighted by Crippen LogP contribution is -2.34. The summed E-state index contributed by atoms with van der Waals surface area (Å²) in [5.41, 5.74) is 1.26. The van der Waals surface area contributed by atoms with E-state index in [4.69, 9.17) is 25.8 Å². The monoisotopic (exact) mass is 613 g/mol. The SMILES string of the molecule is O=c1c(Cl)c(NC[C@@H]2COC[C@@H]3C[C@H]23)cnn1C1CCC(Nc2ccc(OC(F)(F)F)nc2C[C@H]2COCCO2)CC1. The van der Waals surface area contributed by atoms with E-state index >= 15 is 0 Å². The van der Waals surface area contributed by atoms with Crippen molar-refractivity contribution in [2.45, 2.75) is 63.1 Å². The Morgan fingerprint density at radius 3 is 2.67 bits per heavy atom. The fourth-order valence-corrected chi connectivity index (χ4v) is 6.51. The number of nitrogens with zero attached hydrogens (tertiary/aromatic N) is 3. The van der Waals surface area contributed by atoms with Crippen LogP contribution in [0.25, 0.3) is 0 Å². The molecule has 14 heteroatoms. The topological polar surface area (TPSA) is 109 Å². The fourth-order valence-electron chi connectivity index (χ4n) is 6.31. The van der Waals surface area contributed by atoms with Crippen LogP contribution in [0.15, 0.2) is 23.1 Å². The molecule has 230 valence electrons. The number of fused-ring (bicyclic) bond motifs is 1. The highest BCUT2D eigenvalue weighted by molar-refractivity contribution is 6.32. The van der Waals surface area contributed by atoms with Gasteiger partial charge < -0.3 is 29.6 Å². The van der Waals surface area contributed by atoms with Gasteiger partial charge in [-0.2, -0.15) is 5.10 Å². The maximum atomic E-state index is 13.1. The number of anilines is 2. The lowest BCUT2D eigenvalue weighted by atomic mass is 9.91. The van der Waals surface area contributed by atoms with Crippen molar-refractivity contribution in [2.75, 3.05) is 50.2 Å². The minimum Gasteiger partial charge on any atom is -0.388 e. The van der Waals surface area contributed by atoms with Crippen LogP contribution in [0.1, 0.15) is 43.8 Å². The Balaban J connectivity index is 1.07. The van der Waals surface area contributed by atoms with Crippen molar-refractivity contribution in [3.05, 3.63) is 39.4 Å². The van der Waals surface area contributed by atoms with Crippen LogP contribution in [0.3, 0.4) is 0 Å².